The van der Waals surface area contributed by atoms with E-state index in [0.717, 1.165) is 14.5 Å². The summed E-state index contributed by atoms with van der Waals surface area (Å²) in [7, 11) is 0. The molecule has 3 aromatic rings. The predicted molar refractivity (Wildman–Crippen MR) is 162 cm³/mol. The van der Waals surface area contributed by atoms with Crippen molar-refractivity contribution in [1.82, 2.24) is 0 Å². The van der Waals surface area contributed by atoms with E-state index in [9.17, 15) is 24.3 Å². The van der Waals surface area contributed by atoms with Crippen LogP contribution in [0.1, 0.15) is 24.3 Å². The summed E-state index contributed by atoms with van der Waals surface area (Å²) in [5.41, 5.74) is 2.53. The van der Waals surface area contributed by atoms with Crippen LogP contribution in [-0.4, -0.2) is 28.5 Å². The van der Waals surface area contributed by atoms with E-state index in [4.69, 9.17) is 0 Å². The standard InChI is InChI=1S/C32H21BrINO5/c33-24-14-25(36)28-23(30(24)38)13-22-19(26(28)20-10-5-15-3-1-2-4-18(15)29(20)37)11-12-21-27(22)32(40)35(31(21)39)17-8-6-16(34)7-9-17/h1-11,14,21-22,26-27,37H,12-13H2. The lowest BCUT2D eigenvalue weighted by molar-refractivity contribution is -0.123. The maximum absolute atomic E-state index is 14.0. The molecule has 2 amide bonds. The number of allylic oxidation sites excluding steroid dienone is 6. The Bertz CT molecular complexity index is 1790. The minimum Gasteiger partial charge on any atom is -0.507 e. The van der Waals surface area contributed by atoms with Crippen LogP contribution in [0.4, 0.5) is 5.69 Å². The molecule has 0 radical (unpaired) electrons. The molecule has 0 spiro atoms. The average Bonchev–Trinajstić information content (AvgIpc) is 3.21. The Morgan fingerprint density at radius 2 is 1.65 bits per heavy atom. The summed E-state index contributed by atoms with van der Waals surface area (Å²) in [5.74, 6) is -3.48. The number of rotatable bonds is 2. The molecular formula is C32H21BrINO5. The fourth-order valence-corrected chi connectivity index (χ4v) is 7.72. The predicted octanol–water partition coefficient (Wildman–Crippen LogP) is 6.12. The molecule has 1 saturated heterocycles. The Kier molecular flexibility index (Phi) is 5.98. The van der Waals surface area contributed by atoms with E-state index in [2.05, 4.69) is 38.5 Å². The van der Waals surface area contributed by atoms with E-state index < -0.39 is 23.7 Å². The van der Waals surface area contributed by atoms with E-state index in [0.29, 0.717) is 34.2 Å². The van der Waals surface area contributed by atoms with Crippen molar-refractivity contribution in [2.45, 2.75) is 18.8 Å². The Hall–Kier alpha value is -3.37. The number of Topliss-reactive ketones (excluding diaryl/α,β-unsaturated/α-hetero) is 1. The van der Waals surface area contributed by atoms with Crippen LogP contribution in [0.5, 0.6) is 5.75 Å². The minimum atomic E-state index is -0.706. The number of amides is 2. The zero-order chi connectivity index (χ0) is 27.9. The first-order valence-electron chi connectivity index (χ1n) is 13.0. The minimum absolute atomic E-state index is 0.0434. The van der Waals surface area contributed by atoms with Gasteiger partial charge < -0.3 is 5.11 Å². The molecule has 40 heavy (non-hydrogen) atoms. The molecular weight excluding hydrogens is 685 g/mol. The molecule has 4 aliphatic rings. The quantitative estimate of drug-likeness (QED) is 0.150. The number of phenolic OH excluding ortho intramolecular Hbond substituents is 1. The van der Waals surface area contributed by atoms with E-state index in [-0.39, 0.29) is 40.0 Å². The highest BCUT2D eigenvalue weighted by molar-refractivity contribution is 14.1. The van der Waals surface area contributed by atoms with Gasteiger partial charge in [-0.25, -0.2) is 0 Å². The molecule has 3 aromatic carbocycles. The van der Waals surface area contributed by atoms with Crippen LogP contribution >= 0.6 is 38.5 Å². The van der Waals surface area contributed by atoms with Crippen LogP contribution in [0.2, 0.25) is 0 Å². The van der Waals surface area contributed by atoms with Gasteiger partial charge in [0.2, 0.25) is 11.8 Å². The second-order valence-electron chi connectivity index (χ2n) is 10.6. The first-order valence-corrected chi connectivity index (χ1v) is 14.9. The van der Waals surface area contributed by atoms with E-state index in [1.807, 2.05) is 48.5 Å². The van der Waals surface area contributed by atoms with Gasteiger partial charge in [-0.2, -0.15) is 0 Å². The van der Waals surface area contributed by atoms with Gasteiger partial charge in [0.05, 0.1) is 22.0 Å². The maximum Gasteiger partial charge on any atom is 0.238 e. The molecule has 0 saturated carbocycles. The lowest BCUT2D eigenvalue weighted by atomic mass is 9.59. The van der Waals surface area contributed by atoms with Gasteiger partial charge in [0.1, 0.15) is 5.75 Å². The van der Waals surface area contributed by atoms with Crippen molar-refractivity contribution < 1.29 is 24.3 Å². The third kappa shape index (κ3) is 3.65. The van der Waals surface area contributed by atoms with Crippen molar-refractivity contribution >= 4 is 78.4 Å². The largest absolute Gasteiger partial charge is 0.507 e. The number of phenols is 1. The number of fused-ring (bicyclic) bond motifs is 4. The number of hydrogen-bond donors (Lipinski definition) is 1. The van der Waals surface area contributed by atoms with Gasteiger partial charge in [-0.05, 0) is 86.9 Å². The van der Waals surface area contributed by atoms with Gasteiger partial charge in [-0.1, -0.05) is 48.0 Å². The highest BCUT2D eigenvalue weighted by Crippen LogP contribution is 2.57. The number of nitrogens with zero attached hydrogens (tertiary/aromatic N) is 1. The second kappa shape index (κ2) is 9.34. The number of halogens is 2. The van der Waals surface area contributed by atoms with E-state index in [1.165, 1.54) is 11.0 Å². The number of carbonyl (C=O) groups excluding carboxylic acids is 4. The van der Waals surface area contributed by atoms with Crippen LogP contribution < -0.4 is 4.90 Å². The molecule has 6 nitrogen and oxygen atoms in total. The molecule has 4 atom stereocenters. The lowest BCUT2D eigenvalue weighted by Gasteiger charge is -2.42. The zero-order valence-electron chi connectivity index (χ0n) is 20.9. The fourth-order valence-electron chi connectivity index (χ4n) is 6.91. The van der Waals surface area contributed by atoms with Crippen molar-refractivity contribution in [2.75, 3.05) is 4.90 Å². The number of carbonyl (C=O) groups is 4. The van der Waals surface area contributed by atoms with Crippen LogP contribution in [0.25, 0.3) is 10.8 Å². The number of hydrogen-bond acceptors (Lipinski definition) is 5. The highest BCUT2D eigenvalue weighted by atomic mass is 127. The molecule has 3 aliphatic carbocycles. The molecule has 198 valence electrons. The van der Waals surface area contributed by atoms with Crippen molar-refractivity contribution in [3.8, 4) is 5.75 Å². The summed E-state index contributed by atoms with van der Waals surface area (Å²) in [6.07, 6.45) is 3.78. The molecule has 1 heterocycles. The Balaban J connectivity index is 1.40. The SMILES string of the molecule is O=C1C=C(Br)C(=O)C2=C1C(c1ccc3ccccc3c1O)C1=CCC3C(=O)N(c4ccc(I)cc4)C(=O)C3C1C2. The number of benzene rings is 3. The third-order valence-corrected chi connectivity index (χ3v) is 9.97. The smallest absolute Gasteiger partial charge is 0.238 e. The van der Waals surface area contributed by atoms with Gasteiger partial charge in [0.15, 0.2) is 11.6 Å². The van der Waals surface area contributed by atoms with Crippen molar-refractivity contribution in [3.05, 3.63) is 103 Å². The third-order valence-electron chi connectivity index (χ3n) is 8.66. The Morgan fingerprint density at radius 3 is 2.42 bits per heavy atom. The monoisotopic (exact) mass is 705 g/mol. The van der Waals surface area contributed by atoms with E-state index >= 15 is 0 Å². The normalized spacial score (nSPS) is 26.0. The maximum atomic E-state index is 14.0. The first-order chi connectivity index (χ1) is 19.3. The Morgan fingerprint density at radius 1 is 0.900 bits per heavy atom. The summed E-state index contributed by atoms with van der Waals surface area (Å²) in [5, 5.41) is 13.0. The molecule has 4 unspecified atom stereocenters. The van der Waals surface area contributed by atoms with Gasteiger partial charge in [0.25, 0.3) is 0 Å². The summed E-state index contributed by atoms with van der Waals surface area (Å²) in [6.45, 7) is 0. The van der Waals surface area contributed by atoms with Crippen LogP contribution in [0, 0.1) is 21.3 Å². The molecule has 0 aromatic heterocycles. The Labute approximate surface area is 251 Å². The molecule has 7 rings (SSSR count). The molecule has 1 aliphatic heterocycles. The summed E-state index contributed by atoms with van der Waals surface area (Å²) in [4.78, 5) is 55.8. The highest BCUT2D eigenvalue weighted by Gasteiger charge is 2.56. The van der Waals surface area contributed by atoms with Crippen molar-refractivity contribution in [3.63, 3.8) is 0 Å². The molecule has 1 N–H and O–H groups in total. The fraction of sp³-hybridized carbons (Fsp3) is 0.188. The van der Waals surface area contributed by atoms with Crippen molar-refractivity contribution in [2.24, 2.45) is 17.8 Å². The van der Waals surface area contributed by atoms with Crippen molar-refractivity contribution in [1.29, 1.82) is 0 Å². The van der Waals surface area contributed by atoms with Gasteiger partial charge >= 0.3 is 0 Å². The number of anilines is 1. The van der Waals surface area contributed by atoms with Crippen LogP contribution in [-0.2, 0) is 19.2 Å². The molecule has 8 heteroatoms. The number of ketones is 2. The number of aromatic hydroxyl groups is 1. The number of imide groups is 1. The van der Waals surface area contributed by atoms with Gasteiger partial charge in [-0.3, -0.25) is 24.1 Å². The summed E-state index contributed by atoms with van der Waals surface area (Å²) in [6, 6.07) is 18.4. The summed E-state index contributed by atoms with van der Waals surface area (Å²) >= 11 is 5.43. The van der Waals surface area contributed by atoms with E-state index in [1.54, 1.807) is 18.2 Å². The average molecular weight is 706 g/mol. The van der Waals surface area contributed by atoms with Gasteiger partial charge in [-0.15, -0.1) is 0 Å². The topological polar surface area (TPSA) is 91.8 Å². The molecule has 1 fully saturated rings. The first kappa shape index (κ1) is 25.6. The zero-order valence-corrected chi connectivity index (χ0v) is 24.7. The van der Waals surface area contributed by atoms with Crippen LogP contribution in [0.3, 0.4) is 0 Å². The molecule has 0 bridgehead atoms. The second-order valence-corrected chi connectivity index (χ2v) is 12.7. The lowest BCUT2D eigenvalue weighted by Crippen LogP contribution is -2.39. The van der Waals surface area contributed by atoms with Crippen LogP contribution in [0.15, 0.2) is 94.0 Å². The van der Waals surface area contributed by atoms with Gasteiger partial charge in [0, 0.05) is 37.7 Å². The summed E-state index contributed by atoms with van der Waals surface area (Å²) < 4.78 is 1.16.